The van der Waals surface area contributed by atoms with Gasteiger partial charge in [0.2, 0.25) is 0 Å². The van der Waals surface area contributed by atoms with E-state index in [4.69, 9.17) is 0 Å². The van der Waals surface area contributed by atoms with Crippen LogP contribution in [0.15, 0.2) is 66.8 Å². The minimum absolute atomic E-state index is 0.0738. The second-order valence-corrected chi connectivity index (χ2v) is 5.56. The Hall–Kier alpha value is -2.94. The molecule has 1 heterocycles. The maximum absolute atomic E-state index is 12.2. The Bertz CT molecular complexity index is 835. The molecule has 0 aliphatic carbocycles. The molecule has 0 unspecified atom stereocenters. The van der Waals surface area contributed by atoms with E-state index in [1.165, 1.54) is 17.2 Å². The standard InChI is InChI=1S/C21H22N2O/c1-5-7-17(8-6-2)21(24)12-11-19-14-20(23-22-19)18-10-9-15(3)16(4)13-18/h5-14H,1H2,2-4H3,(H,22,23)/b8-6-,12-11+,17-7+. The molecular weight excluding hydrogens is 296 g/mol. The van der Waals surface area contributed by atoms with Crippen LogP contribution < -0.4 is 0 Å². The number of hydrogen-bond donors (Lipinski definition) is 1. The number of aromatic nitrogens is 2. The lowest BCUT2D eigenvalue weighted by Crippen LogP contribution is -1.95. The van der Waals surface area contributed by atoms with Gasteiger partial charge in [-0.3, -0.25) is 9.89 Å². The number of hydrogen-bond acceptors (Lipinski definition) is 2. The lowest BCUT2D eigenvalue weighted by Gasteiger charge is -2.01. The minimum Gasteiger partial charge on any atom is -0.289 e. The highest BCUT2D eigenvalue weighted by molar-refractivity contribution is 6.08. The number of H-pyrrole nitrogens is 1. The molecule has 2 aromatic rings. The molecule has 0 bridgehead atoms. The zero-order chi connectivity index (χ0) is 17.5. The van der Waals surface area contributed by atoms with Crippen LogP contribution >= 0.6 is 0 Å². The molecule has 0 radical (unpaired) electrons. The molecule has 1 aromatic carbocycles. The Morgan fingerprint density at radius 1 is 1.17 bits per heavy atom. The number of nitrogens with zero attached hydrogens (tertiary/aromatic N) is 1. The van der Waals surface area contributed by atoms with Gasteiger partial charge in [0.05, 0.1) is 11.4 Å². The number of aromatic amines is 1. The minimum atomic E-state index is -0.0738. The molecule has 3 heteroatoms. The van der Waals surface area contributed by atoms with E-state index in [0.717, 1.165) is 17.0 Å². The maximum atomic E-state index is 12.2. The first-order valence-electron chi connectivity index (χ1n) is 7.86. The van der Waals surface area contributed by atoms with Crippen molar-refractivity contribution < 1.29 is 4.79 Å². The summed E-state index contributed by atoms with van der Waals surface area (Å²) in [6.45, 7) is 9.67. The number of benzene rings is 1. The summed E-state index contributed by atoms with van der Waals surface area (Å²) < 4.78 is 0. The van der Waals surface area contributed by atoms with E-state index in [2.05, 4.69) is 42.8 Å². The summed E-state index contributed by atoms with van der Waals surface area (Å²) in [4.78, 5) is 12.2. The number of carbonyl (C=O) groups excluding carboxylic acids is 1. The molecule has 0 fully saturated rings. The molecule has 122 valence electrons. The molecule has 0 aliphatic rings. The van der Waals surface area contributed by atoms with Crippen LogP contribution in [-0.2, 0) is 4.79 Å². The van der Waals surface area contributed by atoms with Crippen molar-refractivity contribution >= 4 is 11.9 Å². The largest absolute Gasteiger partial charge is 0.289 e. The highest BCUT2D eigenvalue weighted by atomic mass is 16.1. The van der Waals surface area contributed by atoms with Gasteiger partial charge in [-0.2, -0.15) is 5.10 Å². The van der Waals surface area contributed by atoms with Gasteiger partial charge in [-0.1, -0.05) is 43.0 Å². The molecule has 1 N–H and O–H groups in total. The summed E-state index contributed by atoms with van der Waals surface area (Å²) in [5.41, 5.74) is 5.79. The van der Waals surface area contributed by atoms with Gasteiger partial charge >= 0.3 is 0 Å². The van der Waals surface area contributed by atoms with Crippen LogP contribution in [0.5, 0.6) is 0 Å². The molecule has 2 rings (SSSR count). The van der Waals surface area contributed by atoms with Crippen molar-refractivity contribution in [2.24, 2.45) is 0 Å². The van der Waals surface area contributed by atoms with E-state index in [1.807, 2.05) is 25.1 Å². The van der Waals surface area contributed by atoms with Crippen molar-refractivity contribution in [3.63, 3.8) is 0 Å². The van der Waals surface area contributed by atoms with Gasteiger partial charge in [0.25, 0.3) is 0 Å². The van der Waals surface area contributed by atoms with Gasteiger partial charge in [0.15, 0.2) is 5.78 Å². The number of aryl methyl sites for hydroxylation is 2. The fourth-order valence-electron chi connectivity index (χ4n) is 2.26. The van der Waals surface area contributed by atoms with Gasteiger partial charge in [-0.05, 0) is 56.2 Å². The second-order valence-electron chi connectivity index (χ2n) is 5.56. The summed E-state index contributed by atoms with van der Waals surface area (Å²) in [6.07, 6.45) is 10.2. The number of nitrogens with one attached hydrogen (secondary N) is 1. The average Bonchev–Trinajstić information content (AvgIpc) is 3.04. The molecule has 0 saturated heterocycles. The normalized spacial score (nSPS) is 12.2. The van der Waals surface area contributed by atoms with Crippen LogP contribution in [0.3, 0.4) is 0 Å². The molecule has 0 saturated carbocycles. The Morgan fingerprint density at radius 3 is 2.62 bits per heavy atom. The third kappa shape index (κ3) is 4.29. The maximum Gasteiger partial charge on any atom is 0.185 e. The fourth-order valence-corrected chi connectivity index (χ4v) is 2.26. The van der Waals surface area contributed by atoms with Crippen molar-refractivity contribution in [1.29, 1.82) is 0 Å². The van der Waals surface area contributed by atoms with Crippen LogP contribution in [-0.4, -0.2) is 16.0 Å². The lowest BCUT2D eigenvalue weighted by atomic mass is 10.0. The molecule has 1 aromatic heterocycles. The van der Waals surface area contributed by atoms with Gasteiger partial charge in [0, 0.05) is 11.1 Å². The van der Waals surface area contributed by atoms with Crippen LogP contribution in [0.2, 0.25) is 0 Å². The summed E-state index contributed by atoms with van der Waals surface area (Å²) in [7, 11) is 0. The predicted molar refractivity (Wildman–Crippen MR) is 101 cm³/mol. The SMILES string of the molecule is C=C/C=C(\C=C/C)C(=O)/C=C/c1cc(-c2ccc(C)c(C)c2)n[nH]1. The number of rotatable bonds is 6. The van der Waals surface area contributed by atoms with Gasteiger partial charge in [0.1, 0.15) is 0 Å². The van der Waals surface area contributed by atoms with Crippen LogP contribution in [0, 0.1) is 13.8 Å². The van der Waals surface area contributed by atoms with Gasteiger partial charge < -0.3 is 0 Å². The van der Waals surface area contributed by atoms with Gasteiger partial charge in [-0.15, -0.1) is 0 Å². The van der Waals surface area contributed by atoms with Crippen molar-refractivity contribution in [3.05, 3.63) is 83.6 Å². The van der Waals surface area contributed by atoms with Crippen molar-refractivity contribution in [1.82, 2.24) is 10.2 Å². The number of ketones is 1. The first kappa shape index (κ1) is 17.4. The molecule has 0 aliphatic heterocycles. The van der Waals surface area contributed by atoms with Crippen LogP contribution in [0.1, 0.15) is 23.7 Å². The third-order valence-corrected chi connectivity index (χ3v) is 3.74. The van der Waals surface area contributed by atoms with E-state index < -0.39 is 0 Å². The van der Waals surface area contributed by atoms with Crippen LogP contribution in [0.4, 0.5) is 0 Å². The van der Waals surface area contributed by atoms with E-state index in [9.17, 15) is 4.79 Å². The monoisotopic (exact) mass is 318 g/mol. The summed E-state index contributed by atoms with van der Waals surface area (Å²) in [6, 6.07) is 8.18. The molecule has 0 atom stereocenters. The Morgan fingerprint density at radius 2 is 1.96 bits per heavy atom. The van der Waals surface area contributed by atoms with Gasteiger partial charge in [-0.25, -0.2) is 0 Å². The molecular formula is C21H22N2O. The zero-order valence-electron chi connectivity index (χ0n) is 14.3. The molecule has 0 spiro atoms. The number of carbonyl (C=O) groups is 1. The quantitative estimate of drug-likeness (QED) is 0.604. The fraction of sp³-hybridized carbons (Fsp3) is 0.143. The summed E-state index contributed by atoms with van der Waals surface area (Å²) in [5.74, 6) is -0.0738. The summed E-state index contributed by atoms with van der Waals surface area (Å²) in [5, 5.41) is 7.27. The average molecular weight is 318 g/mol. The topological polar surface area (TPSA) is 45.8 Å². The molecule has 24 heavy (non-hydrogen) atoms. The van der Waals surface area contributed by atoms with Crippen molar-refractivity contribution in [2.45, 2.75) is 20.8 Å². The Kier molecular flexibility index (Phi) is 5.85. The lowest BCUT2D eigenvalue weighted by molar-refractivity contribution is -0.111. The highest BCUT2D eigenvalue weighted by Gasteiger charge is 2.05. The van der Waals surface area contributed by atoms with E-state index >= 15 is 0 Å². The Labute approximate surface area is 143 Å². The van der Waals surface area contributed by atoms with Crippen molar-refractivity contribution in [2.75, 3.05) is 0 Å². The summed E-state index contributed by atoms with van der Waals surface area (Å²) >= 11 is 0. The third-order valence-electron chi connectivity index (χ3n) is 3.74. The van der Waals surface area contributed by atoms with Crippen LogP contribution in [0.25, 0.3) is 17.3 Å². The predicted octanol–water partition coefficient (Wildman–Crippen LogP) is 4.96. The zero-order valence-corrected chi connectivity index (χ0v) is 14.3. The molecule has 3 nitrogen and oxygen atoms in total. The highest BCUT2D eigenvalue weighted by Crippen LogP contribution is 2.21. The van der Waals surface area contributed by atoms with Crippen molar-refractivity contribution in [3.8, 4) is 11.3 Å². The van der Waals surface area contributed by atoms with E-state index in [0.29, 0.717) is 5.57 Å². The smallest absolute Gasteiger partial charge is 0.185 e. The van der Waals surface area contributed by atoms with E-state index in [1.54, 1.807) is 24.3 Å². The first-order chi connectivity index (χ1) is 11.5. The van der Waals surface area contributed by atoms with E-state index in [-0.39, 0.29) is 5.78 Å². The molecule has 0 amide bonds. The first-order valence-corrected chi connectivity index (χ1v) is 7.86. The Balaban J connectivity index is 2.18. The second kappa shape index (κ2) is 8.06. The number of allylic oxidation sites excluding steroid dienone is 6.